The van der Waals surface area contributed by atoms with E-state index >= 15 is 0 Å². The van der Waals surface area contributed by atoms with Crippen LogP contribution in [0.4, 0.5) is 0 Å². The molecule has 1 unspecified atom stereocenters. The Kier molecular flexibility index (Phi) is 6.37. The summed E-state index contributed by atoms with van der Waals surface area (Å²) in [6.07, 6.45) is 5.48. The lowest BCUT2D eigenvalue weighted by Crippen LogP contribution is -2.46. The predicted molar refractivity (Wildman–Crippen MR) is 73.3 cm³/mol. The first-order valence-electron chi connectivity index (χ1n) is 7.45. The second-order valence-corrected chi connectivity index (χ2v) is 5.38. The van der Waals surface area contributed by atoms with E-state index in [4.69, 9.17) is 0 Å². The van der Waals surface area contributed by atoms with Crippen LogP contribution in [0.25, 0.3) is 0 Å². The third-order valence-electron chi connectivity index (χ3n) is 3.95. The summed E-state index contributed by atoms with van der Waals surface area (Å²) in [6, 6.07) is 0. The van der Waals surface area contributed by atoms with Crippen LogP contribution in [0.1, 0.15) is 59.3 Å². The van der Waals surface area contributed by atoms with E-state index in [0.29, 0.717) is 25.3 Å². The van der Waals surface area contributed by atoms with Gasteiger partial charge in [0.1, 0.15) is 5.78 Å². The number of amides is 1. The van der Waals surface area contributed by atoms with Crippen molar-refractivity contribution in [3.8, 4) is 0 Å². The van der Waals surface area contributed by atoms with Crippen molar-refractivity contribution < 1.29 is 9.59 Å². The number of likely N-dealkylation sites (tertiary alicyclic amines) is 1. The van der Waals surface area contributed by atoms with Crippen molar-refractivity contribution in [2.75, 3.05) is 13.1 Å². The Morgan fingerprint density at radius 2 is 1.89 bits per heavy atom. The monoisotopic (exact) mass is 253 g/mol. The Labute approximate surface area is 111 Å². The molecule has 1 atom stereocenters. The largest absolute Gasteiger partial charge is 0.341 e. The molecule has 1 rings (SSSR count). The molecule has 0 radical (unpaired) electrons. The van der Waals surface area contributed by atoms with Crippen LogP contribution in [0.15, 0.2) is 0 Å². The van der Waals surface area contributed by atoms with Crippen LogP contribution in [0.2, 0.25) is 0 Å². The van der Waals surface area contributed by atoms with Crippen molar-refractivity contribution >= 4 is 11.7 Å². The summed E-state index contributed by atoms with van der Waals surface area (Å²) in [6.45, 7) is 7.58. The van der Waals surface area contributed by atoms with E-state index in [2.05, 4.69) is 13.8 Å². The van der Waals surface area contributed by atoms with Gasteiger partial charge in [0.25, 0.3) is 0 Å². The third-order valence-corrected chi connectivity index (χ3v) is 3.95. The summed E-state index contributed by atoms with van der Waals surface area (Å²) >= 11 is 0. The molecular formula is C15H27NO2. The summed E-state index contributed by atoms with van der Waals surface area (Å²) in [5, 5.41) is 0. The molecule has 1 aliphatic rings. The minimum Gasteiger partial charge on any atom is -0.341 e. The molecule has 104 valence electrons. The zero-order valence-corrected chi connectivity index (χ0v) is 12.1. The van der Waals surface area contributed by atoms with Gasteiger partial charge >= 0.3 is 0 Å². The van der Waals surface area contributed by atoms with Crippen LogP contribution in [-0.2, 0) is 9.59 Å². The van der Waals surface area contributed by atoms with Gasteiger partial charge in [0.05, 0.1) is 0 Å². The number of piperidine rings is 1. The number of rotatable bonds is 6. The Balaban J connectivity index is 2.61. The molecule has 0 aliphatic carbocycles. The summed E-state index contributed by atoms with van der Waals surface area (Å²) in [7, 11) is 0. The fraction of sp³-hybridized carbons (Fsp3) is 0.867. The van der Waals surface area contributed by atoms with Crippen molar-refractivity contribution in [2.45, 2.75) is 59.3 Å². The highest BCUT2D eigenvalue weighted by atomic mass is 16.2. The van der Waals surface area contributed by atoms with Crippen LogP contribution in [0, 0.1) is 11.8 Å². The quantitative estimate of drug-likeness (QED) is 0.729. The Hall–Kier alpha value is -0.860. The van der Waals surface area contributed by atoms with Crippen LogP contribution in [0.5, 0.6) is 0 Å². The highest BCUT2D eigenvalue weighted by Gasteiger charge is 2.31. The zero-order chi connectivity index (χ0) is 13.5. The molecule has 3 nitrogen and oxygen atoms in total. The highest BCUT2D eigenvalue weighted by Crippen LogP contribution is 2.22. The molecule has 1 aliphatic heterocycles. The summed E-state index contributed by atoms with van der Waals surface area (Å²) in [5.74, 6) is 0.867. The molecular weight excluding hydrogens is 226 g/mol. The van der Waals surface area contributed by atoms with Crippen molar-refractivity contribution in [1.82, 2.24) is 4.90 Å². The standard InChI is InChI=1S/C15H27NO2/c1-4-7-13(8-5-2)15(18)16-10-9-14(17)12(6-3)11-16/h12-13H,4-11H2,1-3H3. The summed E-state index contributed by atoms with van der Waals surface area (Å²) in [4.78, 5) is 26.1. The van der Waals surface area contributed by atoms with Gasteiger partial charge in [-0.15, -0.1) is 0 Å². The van der Waals surface area contributed by atoms with E-state index in [1.54, 1.807) is 0 Å². The van der Waals surface area contributed by atoms with E-state index in [1.807, 2.05) is 11.8 Å². The van der Waals surface area contributed by atoms with Crippen molar-refractivity contribution in [1.29, 1.82) is 0 Å². The first-order chi connectivity index (χ1) is 8.63. The van der Waals surface area contributed by atoms with Crippen LogP contribution in [0.3, 0.4) is 0 Å². The Bertz CT molecular complexity index is 282. The number of carbonyl (C=O) groups excluding carboxylic acids is 2. The van der Waals surface area contributed by atoms with Gasteiger partial charge in [-0.05, 0) is 19.3 Å². The molecule has 18 heavy (non-hydrogen) atoms. The predicted octanol–water partition coefficient (Wildman–Crippen LogP) is 3.03. The minimum atomic E-state index is 0.0756. The molecule has 0 N–H and O–H groups in total. The van der Waals surface area contributed by atoms with Gasteiger partial charge in [-0.2, -0.15) is 0 Å². The number of nitrogens with zero attached hydrogens (tertiary/aromatic N) is 1. The van der Waals surface area contributed by atoms with Crippen molar-refractivity contribution in [3.05, 3.63) is 0 Å². The highest BCUT2D eigenvalue weighted by molar-refractivity contribution is 5.86. The zero-order valence-electron chi connectivity index (χ0n) is 12.1. The van der Waals surface area contributed by atoms with Crippen LogP contribution >= 0.6 is 0 Å². The maximum atomic E-state index is 12.5. The molecule has 0 aromatic carbocycles. The van der Waals surface area contributed by atoms with E-state index < -0.39 is 0 Å². The van der Waals surface area contributed by atoms with Gasteiger partial charge in [-0.3, -0.25) is 9.59 Å². The van der Waals surface area contributed by atoms with Crippen molar-refractivity contribution in [3.63, 3.8) is 0 Å². The lowest BCUT2D eigenvalue weighted by Gasteiger charge is -2.34. The molecule has 1 amide bonds. The van der Waals surface area contributed by atoms with Gasteiger partial charge in [-0.25, -0.2) is 0 Å². The second kappa shape index (κ2) is 7.55. The summed E-state index contributed by atoms with van der Waals surface area (Å²) < 4.78 is 0. The lowest BCUT2D eigenvalue weighted by molar-refractivity contribution is -0.141. The number of Topliss-reactive ketones (excluding diaryl/α,β-unsaturated/α-hetero) is 1. The van der Waals surface area contributed by atoms with Crippen molar-refractivity contribution in [2.24, 2.45) is 11.8 Å². The maximum Gasteiger partial charge on any atom is 0.225 e. The molecule has 3 heteroatoms. The van der Waals surface area contributed by atoms with E-state index in [9.17, 15) is 9.59 Å². The molecule has 1 saturated heterocycles. The number of ketones is 1. The second-order valence-electron chi connectivity index (χ2n) is 5.38. The Morgan fingerprint density at radius 3 is 2.39 bits per heavy atom. The maximum absolute atomic E-state index is 12.5. The van der Waals surface area contributed by atoms with Crippen LogP contribution in [-0.4, -0.2) is 29.7 Å². The average Bonchev–Trinajstić information content (AvgIpc) is 2.38. The first kappa shape index (κ1) is 15.2. The normalized spacial score (nSPS) is 20.6. The van der Waals surface area contributed by atoms with Gasteiger partial charge in [0, 0.05) is 31.3 Å². The number of hydrogen-bond donors (Lipinski definition) is 0. The molecule has 1 fully saturated rings. The third kappa shape index (κ3) is 3.82. The fourth-order valence-corrected chi connectivity index (χ4v) is 2.81. The smallest absolute Gasteiger partial charge is 0.225 e. The summed E-state index contributed by atoms with van der Waals surface area (Å²) in [5.41, 5.74) is 0. The average molecular weight is 253 g/mol. The van der Waals surface area contributed by atoms with Crippen LogP contribution < -0.4 is 0 Å². The fourth-order valence-electron chi connectivity index (χ4n) is 2.81. The molecule has 0 saturated carbocycles. The van der Waals surface area contributed by atoms with E-state index in [0.717, 1.165) is 32.1 Å². The number of hydrogen-bond acceptors (Lipinski definition) is 2. The minimum absolute atomic E-state index is 0.0756. The topological polar surface area (TPSA) is 37.4 Å². The number of carbonyl (C=O) groups is 2. The van der Waals surface area contributed by atoms with Gasteiger partial charge in [0.15, 0.2) is 0 Å². The van der Waals surface area contributed by atoms with E-state index in [1.165, 1.54) is 0 Å². The molecule has 0 aromatic heterocycles. The first-order valence-corrected chi connectivity index (χ1v) is 7.45. The molecule has 0 aromatic rings. The molecule has 0 spiro atoms. The van der Waals surface area contributed by atoms with Gasteiger partial charge < -0.3 is 4.90 Å². The Morgan fingerprint density at radius 1 is 1.28 bits per heavy atom. The molecule has 1 heterocycles. The lowest BCUT2D eigenvalue weighted by atomic mass is 9.91. The van der Waals surface area contributed by atoms with Gasteiger partial charge in [0.2, 0.25) is 5.91 Å². The molecule has 0 bridgehead atoms. The van der Waals surface area contributed by atoms with Gasteiger partial charge in [-0.1, -0.05) is 33.6 Å². The van der Waals surface area contributed by atoms with E-state index in [-0.39, 0.29) is 17.7 Å². The SMILES string of the molecule is CCCC(CCC)C(=O)N1CCC(=O)C(CC)C1.